The van der Waals surface area contributed by atoms with Gasteiger partial charge in [-0.15, -0.1) is 0 Å². The number of amides is 1. The van der Waals surface area contributed by atoms with Gasteiger partial charge in [0.1, 0.15) is 0 Å². The fourth-order valence-electron chi connectivity index (χ4n) is 2.49. The van der Waals surface area contributed by atoms with E-state index in [2.05, 4.69) is 13.8 Å². The molecule has 0 aliphatic heterocycles. The van der Waals surface area contributed by atoms with E-state index in [1.807, 2.05) is 4.90 Å². The van der Waals surface area contributed by atoms with Crippen LogP contribution >= 0.6 is 12.2 Å². The lowest BCUT2D eigenvalue weighted by Crippen LogP contribution is -2.42. The molecule has 1 fully saturated rings. The Morgan fingerprint density at radius 2 is 1.94 bits per heavy atom. The Bertz CT molecular complexity index is 273. The normalized spacial score (nSPS) is 24.4. The van der Waals surface area contributed by atoms with Crippen molar-refractivity contribution in [3.8, 4) is 0 Å². The SMILES string of the molecule is CCCN(CC(N)=S)C(=O)C1CCC(C)CC1. The third-order valence-electron chi connectivity index (χ3n) is 3.52. The molecule has 0 aromatic rings. The van der Waals surface area contributed by atoms with Crippen LogP contribution in [-0.4, -0.2) is 28.9 Å². The van der Waals surface area contributed by atoms with Crippen molar-refractivity contribution < 1.29 is 4.79 Å². The predicted molar refractivity (Wildman–Crippen MR) is 74.8 cm³/mol. The summed E-state index contributed by atoms with van der Waals surface area (Å²) in [5.41, 5.74) is 5.55. The summed E-state index contributed by atoms with van der Waals surface area (Å²) in [6.45, 7) is 5.54. The first kappa shape index (κ1) is 14.4. The van der Waals surface area contributed by atoms with Crippen molar-refractivity contribution in [2.75, 3.05) is 13.1 Å². The zero-order chi connectivity index (χ0) is 12.8. The minimum absolute atomic E-state index is 0.201. The molecule has 0 radical (unpaired) electrons. The molecule has 1 saturated carbocycles. The highest BCUT2D eigenvalue weighted by atomic mass is 32.1. The zero-order valence-electron chi connectivity index (χ0n) is 10.9. The molecule has 2 N–H and O–H groups in total. The molecule has 0 aromatic carbocycles. The highest BCUT2D eigenvalue weighted by Gasteiger charge is 2.27. The molecule has 1 aliphatic carbocycles. The zero-order valence-corrected chi connectivity index (χ0v) is 11.8. The maximum absolute atomic E-state index is 12.3. The van der Waals surface area contributed by atoms with Crippen molar-refractivity contribution in [1.29, 1.82) is 0 Å². The van der Waals surface area contributed by atoms with Crippen LogP contribution in [0, 0.1) is 11.8 Å². The lowest BCUT2D eigenvalue weighted by atomic mass is 9.82. The number of rotatable bonds is 5. The lowest BCUT2D eigenvalue weighted by Gasteiger charge is -2.30. The first-order chi connectivity index (χ1) is 8.04. The smallest absolute Gasteiger partial charge is 0.226 e. The van der Waals surface area contributed by atoms with Gasteiger partial charge in [-0.2, -0.15) is 0 Å². The Labute approximate surface area is 110 Å². The maximum atomic E-state index is 12.3. The fourth-order valence-corrected chi connectivity index (χ4v) is 2.65. The van der Waals surface area contributed by atoms with Crippen molar-refractivity contribution in [2.45, 2.75) is 46.0 Å². The topological polar surface area (TPSA) is 46.3 Å². The molecular formula is C13H24N2OS. The van der Waals surface area contributed by atoms with Crippen LogP contribution in [0.3, 0.4) is 0 Å². The van der Waals surface area contributed by atoms with Gasteiger partial charge in [0.2, 0.25) is 5.91 Å². The quantitative estimate of drug-likeness (QED) is 0.768. The van der Waals surface area contributed by atoms with Crippen molar-refractivity contribution in [2.24, 2.45) is 17.6 Å². The van der Waals surface area contributed by atoms with E-state index in [9.17, 15) is 4.79 Å². The van der Waals surface area contributed by atoms with Gasteiger partial charge in [0.25, 0.3) is 0 Å². The predicted octanol–water partition coefficient (Wildman–Crippen LogP) is 2.34. The monoisotopic (exact) mass is 256 g/mol. The molecule has 1 amide bonds. The number of carbonyl (C=O) groups is 1. The van der Waals surface area contributed by atoms with Crippen LogP contribution in [0.15, 0.2) is 0 Å². The summed E-state index contributed by atoms with van der Waals surface area (Å²) in [6, 6.07) is 0. The Kier molecular flexibility index (Phi) is 5.89. The van der Waals surface area contributed by atoms with E-state index in [1.54, 1.807) is 0 Å². The largest absolute Gasteiger partial charge is 0.392 e. The number of hydrogen-bond acceptors (Lipinski definition) is 2. The van der Waals surface area contributed by atoms with Crippen LogP contribution in [-0.2, 0) is 4.79 Å². The van der Waals surface area contributed by atoms with Gasteiger partial charge >= 0.3 is 0 Å². The summed E-state index contributed by atoms with van der Waals surface area (Å²) >= 11 is 4.91. The average Bonchev–Trinajstić information content (AvgIpc) is 2.28. The molecule has 1 rings (SSSR count). The highest BCUT2D eigenvalue weighted by molar-refractivity contribution is 7.80. The Hall–Kier alpha value is -0.640. The molecule has 0 aromatic heterocycles. The van der Waals surface area contributed by atoms with Gasteiger partial charge < -0.3 is 10.6 Å². The molecule has 98 valence electrons. The van der Waals surface area contributed by atoms with Crippen LogP contribution < -0.4 is 5.73 Å². The molecule has 4 heteroatoms. The molecule has 0 saturated heterocycles. The van der Waals surface area contributed by atoms with Gasteiger partial charge in [-0.1, -0.05) is 26.1 Å². The third kappa shape index (κ3) is 4.62. The Morgan fingerprint density at radius 1 is 1.35 bits per heavy atom. The highest BCUT2D eigenvalue weighted by Crippen LogP contribution is 2.29. The maximum Gasteiger partial charge on any atom is 0.226 e. The number of carbonyl (C=O) groups excluding carboxylic acids is 1. The fraction of sp³-hybridized carbons (Fsp3) is 0.846. The van der Waals surface area contributed by atoms with Crippen molar-refractivity contribution >= 4 is 23.1 Å². The van der Waals surface area contributed by atoms with E-state index in [0.29, 0.717) is 11.5 Å². The third-order valence-corrected chi connectivity index (χ3v) is 3.65. The second-order valence-corrected chi connectivity index (χ2v) is 5.71. The molecule has 0 heterocycles. The van der Waals surface area contributed by atoms with E-state index < -0.39 is 0 Å². The van der Waals surface area contributed by atoms with E-state index >= 15 is 0 Å². The van der Waals surface area contributed by atoms with Crippen LogP contribution in [0.25, 0.3) is 0 Å². The molecule has 17 heavy (non-hydrogen) atoms. The molecular weight excluding hydrogens is 232 g/mol. The molecule has 0 spiro atoms. The number of nitrogens with zero attached hydrogens (tertiary/aromatic N) is 1. The van der Waals surface area contributed by atoms with E-state index in [4.69, 9.17) is 18.0 Å². The van der Waals surface area contributed by atoms with Gasteiger partial charge in [-0.3, -0.25) is 4.79 Å². The summed E-state index contributed by atoms with van der Waals surface area (Å²) in [5.74, 6) is 1.23. The van der Waals surface area contributed by atoms with Crippen molar-refractivity contribution in [1.82, 2.24) is 4.90 Å². The molecule has 0 unspecified atom stereocenters. The van der Waals surface area contributed by atoms with Crippen LogP contribution in [0.4, 0.5) is 0 Å². The first-order valence-corrected chi connectivity index (χ1v) is 7.02. The second-order valence-electron chi connectivity index (χ2n) is 5.18. The molecule has 1 aliphatic rings. The number of nitrogens with two attached hydrogens (primary N) is 1. The van der Waals surface area contributed by atoms with Crippen LogP contribution in [0.2, 0.25) is 0 Å². The van der Waals surface area contributed by atoms with Crippen LogP contribution in [0.5, 0.6) is 0 Å². The summed E-state index contributed by atoms with van der Waals surface area (Å²) in [4.78, 5) is 14.6. The molecule has 3 nitrogen and oxygen atoms in total. The van der Waals surface area contributed by atoms with Gasteiger partial charge in [-0.05, 0) is 38.0 Å². The lowest BCUT2D eigenvalue weighted by molar-refractivity contribution is -0.136. The van der Waals surface area contributed by atoms with E-state index in [1.165, 1.54) is 12.8 Å². The Balaban J connectivity index is 2.54. The summed E-state index contributed by atoms with van der Waals surface area (Å²) < 4.78 is 0. The Morgan fingerprint density at radius 3 is 2.41 bits per heavy atom. The van der Waals surface area contributed by atoms with E-state index in [-0.39, 0.29) is 11.8 Å². The second kappa shape index (κ2) is 6.94. The van der Waals surface area contributed by atoms with Crippen LogP contribution in [0.1, 0.15) is 46.0 Å². The average molecular weight is 256 g/mol. The summed E-state index contributed by atoms with van der Waals surface area (Å²) in [7, 11) is 0. The standard InChI is InChI=1S/C13H24N2OS/c1-3-8-15(9-12(14)17)13(16)11-6-4-10(2)5-7-11/h10-11H,3-9H2,1-2H3,(H2,14,17). The minimum atomic E-state index is 0.201. The van der Waals surface area contributed by atoms with Crippen molar-refractivity contribution in [3.05, 3.63) is 0 Å². The van der Waals surface area contributed by atoms with Crippen molar-refractivity contribution in [3.63, 3.8) is 0 Å². The van der Waals surface area contributed by atoms with Gasteiger partial charge in [-0.25, -0.2) is 0 Å². The first-order valence-electron chi connectivity index (χ1n) is 6.61. The van der Waals surface area contributed by atoms with Gasteiger partial charge in [0.15, 0.2) is 0 Å². The van der Waals surface area contributed by atoms with Gasteiger partial charge in [0.05, 0.1) is 11.5 Å². The minimum Gasteiger partial charge on any atom is -0.392 e. The molecule has 0 atom stereocenters. The van der Waals surface area contributed by atoms with E-state index in [0.717, 1.165) is 31.7 Å². The number of hydrogen-bond donors (Lipinski definition) is 1. The summed E-state index contributed by atoms with van der Waals surface area (Å²) in [6.07, 6.45) is 5.35. The molecule has 0 bridgehead atoms. The summed E-state index contributed by atoms with van der Waals surface area (Å²) in [5, 5.41) is 0. The van der Waals surface area contributed by atoms with Gasteiger partial charge in [0, 0.05) is 12.5 Å². The number of thiocarbonyl (C=S) groups is 1.